The van der Waals surface area contributed by atoms with E-state index in [4.69, 9.17) is 9.47 Å². The first-order valence-corrected chi connectivity index (χ1v) is 9.80. The average Bonchev–Trinajstić information content (AvgIpc) is 2.75. The first-order chi connectivity index (χ1) is 14.2. The lowest BCUT2D eigenvalue weighted by Gasteiger charge is -2.26. The lowest BCUT2D eigenvalue weighted by molar-refractivity contribution is 0.0234. The summed E-state index contributed by atoms with van der Waals surface area (Å²) in [5, 5.41) is 0. The Kier molecular flexibility index (Phi) is 7.42. The molecule has 0 aliphatic heterocycles. The molecule has 150 valence electrons. The number of nitrogens with zero attached hydrogens (tertiary/aromatic N) is 1. The van der Waals surface area contributed by atoms with E-state index in [0.29, 0.717) is 17.9 Å². The molecule has 3 rings (SSSR count). The maximum Gasteiger partial charge on any atom is 0.342 e. The number of esters is 1. The second kappa shape index (κ2) is 10.4. The van der Waals surface area contributed by atoms with Crippen LogP contribution < -0.4 is 4.74 Å². The van der Waals surface area contributed by atoms with Gasteiger partial charge in [-0.15, -0.1) is 0 Å². The summed E-state index contributed by atoms with van der Waals surface area (Å²) in [4.78, 5) is 14.9. The van der Waals surface area contributed by atoms with Gasteiger partial charge in [-0.3, -0.25) is 4.90 Å². The Labute approximate surface area is 172 Å². The quantitative estimate of drug-likeness (QED) is 0.486. The van der Waals surface area contributed by atoms with Crippen LogP contribution in [0.2, 0.25) is 0 Å². The van der Waals surface area contributed by atoms with E-state index in [9.17, 15) is 4.79 Å². The molecule has 0 saturated heterocycles. The number of methoxy groups -OCH3 is 1. The van der Waals surface area contributed by atoms with Crippen LogP contribution in [0.25, 0.3) is 0 Å². The van der Waals surface area contributed by atoms with Crippen LogP contribution in [0.1, 0.15) is 28.4 Å². The van der Waals surface area contributed by atoms with Crippen molar-refractivity contribution in [3.63, 3.8) is 0 Å². The van der Waals surface area contributed by atoms with Crippen LogP contribution in [0.15, 0.2) is 84.9 Å². The predicted molar refractivity (Wildman–Crippen MR) is 115 cm³/mol. The van der Waals surface area contributed by atoms with Crippen molar-refractivity contribution in [1.82, 2.24) is 4.90 Å². The number of carbonyl (C=O) groups is 1. The summed E-state index contributed by atoms with van der Waals surface area (Å²) in [6.45, 7) is 4.12. The van der Waals surface area contributed by atoms with Gasteiger partial charge in [-0.2, -0.15) is 0 Å². The Bertz CT molecular complexity index is 855. The fourth-order valence-electron chi connectivity index (χ4n) is 3.33. The van der Waals surface area contributed by atoms with Crippen molar-refractivity contribution in [2.24, 2.45) is 0 Å². The molecule has 1 unspecified atom stereocenters. The summed E-state index contributed by atoms with van der Waals surface area (Å²) >= 11 is 0. The molecule has 0 radical (unpaired) electrons. The molecule has 29 heavy (non-hydrogen) atoms. The molecule has 0 saturated carbocycles. The number of carbonyl (C=O) groups excluding carboxylic acids is 1. The van der Waals surface area contributed by atoms with E-state index in [1.54, 1.807) is 25.3 Å². The molecule has 0 aliphatic rings. The van der Waals surface area contributed by atoms with Gasteiger partial charge in [0.25, 0.3) is 0 Å². The summed E-state index contributed by atoms with van der Waals surface area (Å²) in [6, 6.07) is 27.8. The summed E-state index contributed by atoms with van der Waals surface area (Å²) in [6.07, 6.45) is -0.264. The van der Waals surface area contributed by atoms with E-state index in [-0.39, 0.29) is 12.1 Å². The van der Waals surface area contributed by atoms with E-state index in [1.165, 1.54) is 11.1 Å². The van der Waals surface area contributed by atoms with Crippen molar-refractivity contribution in [3.05, 3.63) is 102 Å². The van der Waals surface area contributed by atoms with Gasteiger partial charge >= 0.3 is 5.97 Å². The zero-order valence-corrected chi connectivity index (χ0v) is 17.0. The van der Waals surface area contributed by atoms with E-state index < -0.39 is 0 Å². The van der Waals surface area contributed by atoms with Gasteiger partial charge in [0.05, 0.1) is 7.11 Å². The Morgan fingerprint density at radius 3 is 1.90 bits per heavy atom. The van der Waals surface area contributed by atoms with Gasteiger partial charge in [0, 0.05) is 19.6 Å². The second-order valence-electron chi connectivity index (χ2n) is 7.06. The molecule has 4 heteroatoms. The highest BCUT2D eigenvalue weighted by molar-refractivity contribution is 5.92. The minimum absolute atomic E-state index is 0.264. The minimum Gasteiger partial charge on any atom is -0.496 e. The second-order valence-corrected chi connectivity index (χ2v) is 7.06. The van der Waals surface area contributed by atoms with Crippen LogP contribution in [0.3, 0.4) is 0 Å². The third-order valence-corrected chi connectivity index (χ3v) is 4.65. The maximum absolute atomic E-state index is 12.6. The zero-order valence-electron chi connectivity index (χ0n) is 17.0. The van der Waals surface area contributed by atoms with Crippen LogP contribution >= 0.6 is 0 Å². The number of rotatable bonds is 9. The monoisotopic (exact) mass is 389 g/mol. The molecule has 0 amide bonds. The van der Waals surface area contributed by atoms with Gasteiger partial charge in [-0.1, -0.05) is 72.8 Å². The van der Waals surface area contributed by atoms with Crippen molar-refractivity contribution in [2.75, 3.05) is 13.7 Å². The van der Waals surface area contributed by atoms with Crippen LogP contribution in [0, 0.1) is 0 Å². The summed E-state index contributed by atoms with van der Waals surface area (Å²) in [7, 11) is 1.55. The molecule has 0 bridgehead atoms. The number of hydrogen-bond acceptors (Lipinski definition) is 4. The average molecular weight is 389 g/mol. The largest absolute Gasteiger partial charge is 0.496 e. The fraction of sp³-hybridized carbons (Fsp3) is 0.240. The number of benzene rings is 3. The van der Waals surface area contributed by atoms with Gasteiger partial charge in [0.1, 0.15) is 17.4 Å². The fourth-order valence-corrected chi connectivity index (χ4v) is 3.33. The van der Waals surface area contributed by atoms with Crippen molar-refractivity contribution >= 4 is 5.97 Å². The first kappa shape index (κ1) is 20.6. The standard InChI is InChI=1S/C25H27NO3/c1-20(29-25(27)23-15-9-10-16-24(23)28-2)17-26(18-21-11-5-3-6-12-21)19-22-13-7-4-8-14-22/h3-16,20H,17-19H2,1-2H3. The number of ether oxygens (including phenoxy) is 2. The van der Waals surface area contributed by atoms with Crippen LogP contribution in [0.4, 0.5) is 0 Å². The highest BCUT2D eigenvalue weighted by Gasteiger charge is 2.19. The van der Waals surface area contributed by atoms with Gasteiger partial charge in [0.2, 0.25) is 0 Å². The highest BCUT2D eigenvalue weighted by atomic mass is 16.5. The zero-order chi connectivity index (χ0) is 20.5. The Morgan fingerprint density at radius 1 is 0.828 bits per heavy atom. The van der Waals surface area contributed by atoms with Crippen LogP contribution in [-0.4, -0.2) is 30.6 Å². The van der Waals surface area contributed by atoms with Crippen molar-refractivity contribution in [3.8, 4) is 5.75 Å². The van der Waals surface area contributed by atoms with Crippen LogP contribution in [0.5, 0.6) is 5.75 Å². The molecular formula is C25H27NO3. The molecule has 4 nitrogen and oxygen atoms in total. The van der Waals surface area contributed by atoms with E-state index in [2.05, 4.69) is 29.2 Å². The van der Waals surface area contributed by atoms with Gasteiger partial charge in [-0.25, -0.2) is 4.79 Å². The van der Waals surface area contributed by atoms with E-state index in [0.717, 1.165) is 13.1 Å². The molecule has 0 fully saturated rings. The minimum atomic E-state index is -0.366. The molecule has 0 spiro atoms. The maximum atomic E-state index is 12.6. The van der Waals surface area contributed by atoms with E-state index in [1.807, 2.05) is 49.4 Å². The topological polar surface area (TPSA) is 38.8 Å². The van der Waals surface area contributed by atoms with E-state index >= 15 is 0 Å². The normalized spacial score (nSPS) is 11.8. The summed E-state index contributed by atoms with van der Waals surface area (Å²) in [5.74, 6) is 0.157. The molecular weight excluding hydrogens is 362 g/mol. The molecule has 0 aliphatic carbocycles. The third-order valence-electron chi connectivity index (χ3n) is 4.65. The number of hydrogen-bond donors (Lipinski definition) is 0. The van der Waals surface area contributed by atoms with Crippen molar-refractivity contribution < 1.29 is 14.3 Å². The summed E-state index contributed by atoms with van der Waals surface area (Å²) in [5.41, 5.74) is 2.90. The Morgan fingerprint density at radius 2 is 1.34 bits per heavy atom. The lowest BCUT2D eigenvalue weighted by atomic mass is 10.1. The third kappa shape index (κ3) is 6.19. The molecule has 0 aromatic heterocycles. The van der Waals surface area contributed by atoms with Gasteiger partial charge in [0.15, 0.2) is 0 Å². The van der Waals surface area contributed by atoms with Gasteiger partial charge in [-0.05, 0) is 30.2 Å². The first-order valence-electron chi connectivity index (χ1n) is 9.80. The highest BCUT2D eigenvalue weighted by Crippen LogP contribution is 2.19. The predicted octanol–water partition coefficient (Wildman–Crippen LogP) is 4.94. The Balaban J connectivity index is 1.68. The number of para-hydroxylation sites is 1. The SMILES string of the molecule is COc1ccccc1C(=O)OC(C)CN(Cc1ccccc1)Cc1ccccc1. The smallest absolute Gasteiger partial charge is 0.342 e. The molecule has 0 N–H and O–H groups in total. The van der Waals surface area contributed by atoms with Gasteiger partial charge < -0.3 is 9.47 Å². The van der Waals surface area contributed by atoms with Crippen molar-refractivity contribution in [2.45, 2.75) is 26.1 Å². The van der Waals surface area contributed by atoms with Crippen molar-refractivity contribution in [1.29, 1.82) is 0 Å². The molecule has 3 aromatic carbocycles. The molecule has 0 heterocycles. The Hall–Kier alpha value is -3.11. The molecule has 1 atom stereocenters. The van der Waals surface area contributed by atoms with Crippen LogP contribution in [-0.2, 0) is 17.8 Å². The lowest BCUT2D eigenvalue weighted by Crippen LogP contribution is -2.33. The summed E-state index contributed by atoms with van der Waals surface area (Å²) < 4.78 is 11.0. The molecule has 3 aromatic rings.